The largest absolute Gasteiger partial charge is 0.313 e. The second kappa shape index (κ2) is 7.57. The molecule has 2 unspecified atom stereocenters. The SMILES string of the molecule is CCNC(CN1CCN(S(C)(=O)=O)CC1)C(C)CC. The lowest BCUT2D eigenvalue weighted by molar-refractivity contribution is 0.158. The molecule has 1 heterocycles. The maximum Gasteiger partial charge on any atom is 0.211 e. The first-order valence-corrected chi connectivity index (χ1v) is 9.14. The fraction of sp³-hybridized carbons (Fsp3) is 1.00. The molecule has 0 amide bonds. The van der Waals surface area contributed by atoms with E-state index in [0.29, 0.717) is 25.0 Å². The zero-order valence-electron chi connectivity index (χ0n) is 12.7. The van der Waals surface area contributed by atoms with E-state index in [9.17, 15) is 8.42 Å². The summed E-state index contributed by atoms with van der Waals surface area (Å²) in [6.45, 7) is 11.6. The number of hydrogen-bond donors (Lipinski definition) is 1. The molecule has 1 aliphatic rings. The Bertz CT molecular complexity index is 351. The van der Waals surface area contributed by atoms with Gasteiger partial charge in [0, 0.05) is 38.8 Å². The highest BCUT2D eigenvalue weighted by Crippen LogP contribution is 2.12. The minimum atomic E-state index is -3.02. The van der Waals surface area contributed by atoms with Crippen molar-refractivity contribution in [2.45, 2.75) is 33.2 Å². The van der Waals surface area contributed by atoms with Gasteiger partial charge in [0.05, 0.1) is 6.26 Å². The summed E-state index contributed by atoms with van der Waals surface area (Å²) in [5.41, 5.74) is 0. The molecule has 2 atom stereocenters. The van der Waals surface area contributed by atoms with E-state index in [4.69, 9.17) is 0 Å². The van der Waals surface area contributed by atoms with E-state index in [1.54, 1.807) is 4.31 Å². The summed E-state index contributed by atoms with van der Waals surface area (Å²) in [4.78, 5) is 2.38. The second-order valence-electron chi connectivity index (χ2n) is 5.51. The summed E-state index contributed by atoms with van der Waals surface area (Å²) in [6.07, 6.45) is 2.46. The zero-order chi connectivity index (χ0) is 14.5. The monoisotopic (exact) mass is 291 g/mol. The molecule has 1 N–H and O–H groups in total. The molecule has 1 fully saturated rings. The third kappa shape index (κ3) is 5.38. The van der Waals surface area contributed by atoms with Crippen LogP contribution in [-0.2, 0) is 10.0 Å². The topological polar surface area (TPSA) is 52.6 Å². The van der Waals surface area contributed by atoms with Crippen molar-refractivity contribution >= 4 is 10.0 Å². The van der Waals surface area contributed by atoms with Crippen molar-refractivity contribution in [1.29, 1.82) is 0 Å². The van der Waals surface area contributed by atoms with Gasteiger partial charge in [0.15, 0.2) is 0 Å². The van der Waals surface area contributed by atoms with E-state index >= 15 is 0 Å². The van der Waals surface area contributed by atoms with Gasteiger partial charge < -0.3 is 5.32 Å². The lowest BCUT2D eigenvalue weighted by Gasteiger charge is -2.36. The summed E-state index contributed by atoms with van der Waals surface area (Å²) < 4.78 is 24.5. The molecule has 0 aromatic heterocycles. The summed E-state index contributed by atoms with van der Waals surface area (Å²) in [5.74, 6) is 0.646. The first-order chi connectivity index (χ1) is 8.88. The molecule has 0 radical (unpaired) electrons. The van der Waals surface area contributed by atoms with Crippen molar-refractivity contribution in [3.8, 4) is 0 Å². The molecule has 1 saturated heterocycles. The molecule has 114 valence electrons. The molecule has 0 aliphatic carbocycles. The Hall–Kier alpha value is -0.170. The Balaban J connectivity index is 2.46. The van der Waals surface area contributed by atoms with E-state index in [1.165, 1.54) is 12.7 Å². The molecule has 6 heteroatoms. The van der Waals surface area contributed by atoms with Crippen molar-refractivity contribution in [3.63, 3.8) is 0 Å². The van der Waals surface area contributed by atoms with Gasteiger partial charge in [-0.2, -0.15) is 4.31 Å². The molecule has 0 spiro atoms. The number of piperazine rings is 1. The van der Waals surface area contributed by atoms with Crippen molar-refractivity contribution in [2.75, 3.05) is 45.5 Å². The van der Waals surface area contributed by atoms with Crippen LogP contribution in [0.5, 0.6) is 0 Å². The molecule has 1 rings (SSSR count). The van der Waals surface area contributed by atoms with Crippen LogP contribution in [0.3, 0.4) is 0 Å². The van der Waals surface area contributed by atoms with Gasteiger partial charge in [-0.15, -0.1) is 0 Å². The Morgan fingerprint density at radius 1 is 1.16 bits per heavy atom. The lowest BCUT2D eigenvalue weighted by atomic mass is 9.98. The van der Waals surface area contributed by atoms with Crippen LogP contribution in [0.15, 0.2) is 0 Å². The minimum absolute atomic E-state index is 0.500. The van der Waals surface area contributed by atoms with E-state index in [0.717, 1.165) is 26.2 Å². The highest BCUT2D eigenvalue weighted by atomic mass is 32.2. The van der Waals surface area contributed by atoms with Gasteiger partial charge in [-0.05, 0) is 12.5 Å². The van der Waals surface area contributed by atoms with E-state index in [2.05, 4.69) is 31.0 Å². The standard InChI is InChI=1S/C13H29N3O2S/c1-5-12(3)13(14-6-2)11-15-7-9-16(10-8-15)19(4,17)18/h12-14H,5-11H2,1-4H3. The molecule has 0 aromatic rings. The zero-order valence-corrected chi connectivity index (χ0v) is 13.5. The normalized spacial score (nSPS) is 22.3. The van der Waals surface area contributed by atoms with Crippen LogP contribution in [0.2, 0.25) is 0 Å². The van der Waals surface area contributed by atoms with E-state index in [1.807, 2.05) is 0 Å². The Morgan fingerprint density at radius 3 is 2.16 bits per heavy atom. The summed E-state index contributed by atoms with van der Waals surface area (Å²) in [5, 5.41) is 3.55. The van der Waals surface area contributed by atoms with Gasteiger partial charge in [0.25, 0.3) is 0 Å². The van der Waals surface area contributed by atoms with Crippen LogP contribution < -0.4 is 5.32 Å². The molecule has 0 aromatic carbocycles. The fourth-order valence-electron chi connectivity index (χ4n) is 2.51. The Kier molecular flexibility index (Phi) is 6.73. The average molecular weight is 291 g/mol. The molecule has 0 saturated carbocycles. The van der Waals surface area contributed by atoms with E-state index in [-0.39, 0.29) is 0 Å². The first-order valence-electron chi connectivity index (χ1n) is 7.29. The second-order valence-corrected chi connectivity index (χ2v) is 7.49. The summed E-state index contributed by atoms with van der Waals surface area (Å²) in [6, 6.07) is 0.500. The number of likely N-dealkylation sites (N-methyl/N-ethyl adjacent to an activating group) is 1. The molecule has 5 nitrogen and oxygen atoms in total. The number of hydrogen-bond acceptors (Lipinski definition) is 4. The van der Waals surface area contributed by atoms with Crippen LogP contribution in [0, 0.1) is 5.92 Å². The van der Waals surface area contributed by atoms with Crippen LogP contribution in [0.1, 0.15) is 27.2 Å². The summed E-state index contributed by atoms with van der Waals surface area (Å²) in [7, 11) is -3.02. The number of rotatable bonds is 7. The molecule has 19 heavy (non-hydrogen) atoms. The quantitative estimate of drug-likeness (QED) is 0.746. The number of nitrogens with one attached hydrogen (secondary N) is 1. The van der Waals surface area contributed by atoms with Crippen LogP contribution in [0.4, 0.5) is 0 Å². The molecule has 1 aliphatic heterocycles. The van der Waals surface area contributed by atoms with Gasteiger partial charge in [0.2, 0.25) is 10.0 Å². The number of sulfonamides is 1. The highest BCUT2D eigenvalue weighted by molar-refractivity contribution is 7.88. The first kappa shape index (κ1) is 16.9. The highest BCUT2D eigenvalue weighted by Gasteiger charge is 2.25. The van der Waals surface area contributed by atoms with Crippen molar-refractivity contribution in [1.82, 2.24) is 14.5 Å². The van der Waals surface area contributed by atoms with Crippen LogP contribution >= 0.6 is 0 Å². The average Bonchev–Trinajstić information content (AvgIpc) is 2.37. The molecule has 0 bridgehead atoms. The molecular formula is C13H29N3O2S. The van der Waals surface area contributed by atoms with Gasteiger partial charge in [0.1, 0.15) is 0 Å². The lowest BCUT2D eigenvalue weighted by Crippen LogP contribution is -2.53. The fourth-order valence-corrected chi connectivity index (χ4v) is 3.34. The summed E-state index contributed by atoms with van der Waals surface area (Å²) >= 11 is 0. The minimum Gasteiger partial charge on any atom is -0.313 e. The van der Waals surface area contributed by atoms with Gasteiger partial charge >= 0.3 is 0 Å². The maximum absolute atomic E-state index is 11.5. The number of nitrogens with zero attached hydrogens (tertiary/aromatic N) is 2. The Labute approximate surface area is 118 Å². The van der Waals surface area contributed by atoms with E-state index < -0.39 is 10.0 Å². The predicted octanol–water partition coefficient (Wildman–Crippen LogP) is 0.588. The molecular weight excluding hydrogens is 262 g/mol. The van der Waals surface area contributed by atoms with Crippen LogP contribution in [0.25, 0.3) is 0 Å². The van der Waals surface area contributed by atoms with Gasteiger partial charge in [-0.25, -0.2) is 8.42 Å². The third-order valence-corrected chi connectivity index (χ3v) is 5.36. The van der Waals surface area contributed by atoms with Gasteiger partial charge in [-0.3, -0.25) is 4.90 Å². The van der Waals surface area contributed by atoms with Crippen molar-refractivity contribution in [2.24, 2.45) is 5.92 Å². The smallest absolute Gasteiger partial charge is 0.211 e. The van der Waals surface area contributed by atoms with Crippen molar-refractivity contribution in [3.05, 3.63) is 0 Å². The predicted molar refractivity (Wildman–Crippen MR) is 79.8 cm³/mol. The third-order valence-electron chi connectivity index (χ3n) is 4.05. The van der Waals surface area contributed by atoms with Crippen molar-refractivity contribution < 1.29 is 8.42 Å². The maximum atomic E-state index is 11.5. The van der Waals surface area contributed by atoms with Crippen LogP contribution in [-0.4, -0.2) is 69.2 Å². The van der Waals surface area contributed by atoms with Gasteiger partial charge in [-0.1, -0.05) is 27.2 Å². The Morgan fingerprint density at radius 2 is 1.74 bits per heavy atom.